The Morgan fingerprint density at radius 1 is 0.818 bits per heavy atom. The van der Waals surface area contributed by atoms with Crippen LogP contribution in [0.2, 0.25) is 0 Å². The van der Waals surface area contributed by atoms with Crippen LogP contribution in [0.5, 0.6) is 0 Å². The largest absolute Gasteiger partial charge is 0.459 e. The summed E-state index contributed by atoms with van der Waals surface area (Å²) in [7, 11) is 0. The molecule has 2 unspecified atom stereocenters. The lowest BCUT2D eigenvalue weighted by molar-refractivity contribution is -0.465. The van der Waals surface area contributed by atoms with Crippen molar-refractivity contribution in [2.45, 2.75) is 43.3 Å². The molecule has 1 rings (SSSR count). The zero-order chi connectivity index (χ0) is 18.0. The van der Waals surface area contributed by atoms with Gasteiger partial charge in [0.25, 0.3) is 0 Å². The molecule has 0 bridgehead atoms. The number of hydrogen-bond donors (Lipinski definition) is 1. The predicted molar refractivity (Wildman–Crippen MR) is 43.1 cm³/mol. The van der Waals surface area contributed by atoms with Crippen molar-refractivity contribution in [3.8, 4) is 0 Å². The Kier molecular flexibility index (Phi) is 3.96. The molecular weight excluding hydrogens is 354 g/mol. The van der Waals surface area contributed by atoms with E-state index in [1.807, 2.05) is 0 Å². The van der Waals surface area contributed by atoms with Gasteiger partial charge in [-0.2, -0.15) is 53.8 Å². The molecule has 132 valence electrons. The van der Waals surface area contributed by atoms with Gasteiger partial charge in [-0.25, -0.2) is 4.39 Å². The average Bonchev–Trinajstić information content (AvgIpc) is 2.49. The third-order valence-electron chi connectivity index (χ3n) is 3.19. The van der Waals surface area contributed by atoms with E-state index in [0.29, 0.717) is 5.48 Å². The van der Waals surface area contributed by atoms with Crippen molar-refractivity contribution in [3.05, 3.63) is 0 Å². The molecule has 0 saturated carbocycles. The van der Waals surface area contributed by atoms with E-state index >= 15 is 0 Å². The van der Waals surface area contributed by atoms with Gasteiger partial charge in [0.2, 0.25) is 5.41 Å². The Morgan fingerprint density at radius 2 is 1.18 bits per heavy atom. The van der Waals surface area contributed by atoms with E-state index in [2.05, 4.69) is 4.84 Å². The lowest BCUT2D eigenvalue weighted by Gasteiger charge is -2.44. The molecule has 1 saturated heterocycles. The highest BCUT2D eigenvalue weighted by atomic mass is 19.4. The van der Waals surface area contributed by atoms with Crippen LogP contribution in [0.25, 0.3) is 0 Å². The molecule has 0 amide bonds. The minimum Gasteiger partial charge on any atom is -0.253 e. The summed E-state index contributed by atoms with van der Waals surface area (Å²) in [6.45, 7) is -0.0885. The van der Waals surface area contributed by atoms with E-state index in [9.17, 15) is 52.7 Å². The summed E-state index contributed by atoms with van der Waals surface area (Å²) < 4.78 is 153. The fourth-order valence-corrected chi connectivity index (χ4v) is 2.13. The minimum absolute atomic E-state index is 0.0885. The molecule has 0 spiro atoms. The second-order valence-electron chi connectivity index (χ2n) is 4.41. The average molecular weight is 359 g/mol. The SMILES string of the molecule is CC1NOC(F)(C(F)(F)C(F)(F)F)C1(C(F)(F)F)C(F)(F)F. The van der Waals surface area contributed by atoms with Gasteiger partial charge in [0.15, 0.2) is 0 Å². The molecule has 2 atom stereocenters. The molecule has 1 heterocycles. The molecule has 1 aliphatic heterocycles. The quantitative estimate of drug-likeness (QED) is 0.718. The first-order valence-corrected chi connectivity index (χ1v) is 5.08. The molecule has 0 aromatic heterocycles. The molecule has 1 aliphatic rings. The van der Waals surface area contributed by atoms with Crippen LogP contribution in [0.15, 0.2) is 0 Å². The third-order valence-corrected chi connectivity index (χ3v) is 3.19. The van der Waals surface area contributed by atoms with Gasteiger partial charge in [-0.15, -0.1) is 0 Å². The van der Waals surface area contributed by atoms with Gasteiger partial charge in [0.05, 0.1) is 6.04 Å². The van der Waals surface area contributed by atoms with Crippen LogP contribution in [0, 0.1) is 5.41 Å². The number of halogens is 12. The van der Waals surface area contributed by atoms with Crippen LogP contribution in [0.1, 0.15) is 6.92 Å². The first-order valence-electron chi connectivity index (χ1n) is 5.08. The standard InChI is InChI=1S/C8H5F12NO/c1-2-3(6(12,13)14,7(15,16)17)5(11,22-21-2)4(9,10)8(18,19)20/h2,21H,1H3. The number of rotatable bonds is 1. The van der Waals surface area contributed by atoms with Crippen LogP contribution in [0.4, 0.5) is 52.7 Å². The van der Waals surface area contributed by atoms with Gasteiger partial charge in [0.1, 0.15) is 0 Å². The maximum atomic E-state index is 14.0. The van der Waals surface area contributed by atoms with Crippen LogP contribution in [0.3, 0.4) is 0 Å². The van der Waals surface area contributed by atoms with E-state index in [-0.39, 0.29) is 6.92 Å². The van der Waals surface area contributed by atoms with E-state index in [1.165, 1.54) is 0 Å². The topological polar surface area (TPSA) is 21.3 Å². The molecule has 2 nitrogen and oxygen atoms in total. The van der Waals surface area contributed by atoms with E-state index < -0.39 is 41.8 Å². The fourth-order valence-electron chi connectivity index (χ4n) is 2.13. The normalized spacial score (nSPS) is 30.7. The Morgan fingerprint density at radius 3 is 1.45 bits per heavy atom. The highest BCUT2D eigenvalue weighted by Gasteiger charge is 2.95. The van der Waals surface area contributed by atoms with Crippen molar-refractivity contribution in [1.29, 1.82) is 0 Å². The number of hydroxylamine groups is 1. The smallest absolute Gasteiger partial charge is 0.253 e. The van der Waals surface area contributed by atoms with E-state index in [0.717, 1.165) is 0 Å². The highest BCUT2D eigenvalue weighted by molar-refractivity contribution is 5.17. The Balaban J connectivity index is 3.80. The number of alkyl halides is 12. The molecular formula is C8H5F12NO. The van der Waals surface area contributed by atoms with E-state index in [4.69, 9.17) is 0 Å². The monoisotopic (exact) mass is 359 g/mol. The van der Waals surface area contributed by atoms with Crippen molar-refractivity contribution in [3.63, 3.8) is 0 Å². The van der Waals surface area contributed by atoms with Crippen molar-refractivity contribution >= 4 is 0 Å². The highest BCUT2D eigenvalue weighted by Crippen LogP contribution is 2.68. The number of nitrogens with one attached hydrogen (secondary N) is 1. The molecule has 1 fully saturated rings. The summed E-state index contributed by atoms with van der Waals surface area (Å²) in [5, 5.41) is 0. The first kappa shape index (κ1) is 19.1. The maximum Gasteiger partial charge on any atom is 0.459 e. The Hall–Kier alpha value is -0.920. The van der Waals surface area contributed by atoms with Gasteiger partial charge >= 0.3 is 30.3 Å². The molecule has 0 aliphatic carbocycles. The molecule has 22 heavy (non-hydrogen) atoms. The third kappa shape index (κ3) is 1.98. The summed E-state index contributed by atoms with van der Waals surface area (Å²) in [5.74, 6) is -13.6. The van der Waals surface area contributed by atoms with Crippen molar-refractivity contribution < 1.29 is 57.5 Å². The fraction of sp³-hybridized carbons (Fsp3) is 1.00. The summed E-state index contributed by atoms with van der Waals surface area (Å²) >= 11 is 0. The second-order valence-corrected chi connectivity index (χ2v) is 4.41. The Labute approximate surface area is 113 Å². The lowest BCUT2D eigenvalue weighted by atomic mass is 9.71. The van der Waals surface area contributed by atoms with Gasteiger partial charge in [0, 0.05) is 0 Å². The Bertz CT molecular complexity index is 422. The lowest BCUT2D eigenvalue weighted by Crippen LogP contribution is -2.72. The van der Waals surface area contributed by atoms with Gasteiger partial charge < -0.3 is 0 Å². The minimum atomic E-state index is -7.11. The summed E-state index contributed by atoms with van der Waals surface area (Å²) in [5.41, 5.74) is -5.55. The van der Waals surface area contributed by atoms with Crippen molar-refractivity contribution in [2.24, 2.45) is 5.41 Å². The molecule has 0 radical (unpaired) electrons. The first-order chi connectivity index (χ1) is 9.38. The van der Waals surface area contributed by atoms with Crippen molar-refractivity contribution in [2.75, 3.05) is 0 Å². The van der Waals surface area contributed by atoms with Gasteiger partial charge in [-0.3, -0.25) is 4.84 Å². The van der Waals surface area contributed by atoms with Crippen LogP contribution >= 0.6 is 0 Å². The van der Waals surface area contributed by atoms with E-state index in [1.54, 1.807) is 0 Å². The van der Waals surface area contributed by atoms with Crippen molar-refractivity contribution in [1.82, 2.24) is 5.48 Å². The number of hydrogen-bond acceptors (Lipinski definition) is 2. The summed E-state index contributed by atoms with van der Waals surface area (Å²) in [4.78, 5) is 2.89. The molecule has 0 aromatic carbocycles. The zero-order valence-corrected chi connectivity index (χ0v) is 10.0. The summed E-state index contributed by atoms with van der Waals surface area (Å²) in [6.07, 6.45) is -20.8. The summed E-state index contributed by atoms with van der Waals surface area (Å²) in [6, 6.07) is -3.31. The van der Waals surface area contributed by atoms with Crippen LogP contribution in [-0.2, 0) is 4.84 Å². The van der Waals surface area contributed by atoms with Crippen LogP contribution < -0.4 is 5.48 Å². The van der Waals surface area contributed by atoms with Gasteiger partial charge in [-0.05, 0) is 6.92 Å². The second kappa shape index (κ2) is 4.55. The predicted octanol–water partition coefficient (Wildman–Crippen LogP) is 3.88. The maximum absolute atomic E-state index is 14.0. The zero-order valence-electron chi connectivity index (χ0n) is 10.0. The molecule has 0 aromatic rings. The molecule has 14 heteroatoms. The van der Waals surface area contributed by atoms with Crippen LogP contribution in [-0.4, -0.2) is 36.3 Å². The molecule has 1 N–H and O–H groups in total. The van der Waals surface area contributed by atoms with Gasteiger partial charge in [-0.1, -0.05) is 0 Å².